The summed E-state index contributed by atoms with van der Waals surface area (Å²) >= 11 is 0. The number of hydrogen-bond donors (Lipinski definition) is 2. The number of anilines is 1. The van der Waals surface area contributed by atoms with E-state index >= 15 is 0 Å². The maximum atomic E-state index is 12.4. The number of amides is 1. The van der Waals surface area contributed by atoms with Crippen molar-refractivity contribution in [3.05, 3.63) is 47.6 Å². The van der Waals surface area contributed by atoms with Crippen LogP contribution in [0.3, 0.4) is 0 Å². The fraction of sp³-hybridized carbons (Fsp3) is 0.542. The quantitative estimate of drug-likeness (QED) is 0.727. The van der Waals surface area contributed by atoms with E-state index in [9.17, 15) is 4.79 Å². The lowest BCUT2D eigenvalue weighted by Gasteiger charge is -2.40. The topological polar surface area (TPSA) is 90.8 Å². The molecule has 1 aromatic carbocycles. The molecule has 6 heteroatoms. The zero-order chi connectivity index (χ0) is 21.1. The smallest absolute Gasteiger partial charge is 0.225 e. The molecule has 0 spiro atoms. The van der Waals surface area contributed by atoms with Crippen LogP contribution in [0.15, 0.2) is 36.4 Å². The summed E-state index contributed by atoms with van der Waals surface area (Å²) in [5.74, 6) is -0.261. The van der Waals surface area contributed by atoms with Gasteiger partial charge in [-0.3, -0.25) is 9.69 Å². The number of nitrogens with two attached hydrogens (primary N) is 2. The number of benzene rings is 1. The second-order valence-corrected chi connectivity index (χ2v) is 8.92. The Balaban J connectivity index is 1.61. The molecule has 4 rings (SSSR count). The minimum Gasteiger partial charge on any atom is -0.398 e. The first-order valence-corrected chi connectivity index (χ1v) is 10.9. The van der Waals surface area contributed by atoms with Gasteiger partial charge in [-0.05, 0) is 29.9 Å². The molecule has 4 N–H and O–H groups in total. The van der Waals surface area contributed by atoms with Crippen molar-refractivity contribution in [2.24, 2.45) is 17.1 Å². The Morgan fingerprint density at radius 3 is 2.57 bits per heavy atom. The minimum absolute atomic E-state index is 0.299. The van der Waals surface area contributed by atoms with Gasteiger partial charge in [0.1, 0.15) is 0 Å². The lowest BCUT2D eigenvalue weighted by Crippen LogP contribution is -2.47. The summed E-state index contributed by atoms with van der Waals surface area (Å²) in [6, 6.07) is 6.22. The highest BCUT2D eigenvalue weighted by molar-refractivity contribution is 5.89. The van der Waals surface area contributed by atoms with Gasteiger partial charge in [0, 0.05) is 49.5 Å². The Hall–Kier alpha value is -2.15. The summed E-state index contributed by atoms with van der Waals surface area (Å²) in [5.41, 5.74) is 16.1. The molecule has 2 fully saturated rings. The van der Waals surface area contributed by atoms with Gasteiger partial charge < -0.3 is 20.9 Å². The summed E-state index contributed by atoms with van der Waals surface area (Å²) in [4.78, 5) is 14.8. The van der Waals surface area contributed by atoms with Crippen molar-refractivity contribution >= 4 is 17.2 Å². The Kier molecular flexibility index (Phi) is 6.27. The molecule has 2 aliphatic heterocycles. The van der Waals surface area contributed by atoms with E-state index in [0.29, 0.717) is 5.92 Å². The number of morpholine rings is 1. The fourth-order valence-corrected chi connectivity index (χ4v) is 4.99. The average molecular weight is 412 g/mol. The lowest BCUT2D eigenvalue weighted by atomic mass is 9.71. The summed E-state index contributed by atoms with van der Waals surface area (Å²) < 4.78 is 11.0. The van der Waals surface area contributed by atoms with E-state index in [4.69, 9.17) is 20.9 Å². The molecule has 0 aromatic heterocycles. The van der Waals surface area contributed by atoms with Gasteiger partial charge in [0.15, 0.2) is 0 Å². The molecule has 0 saturated carbocycles. The SMILES string of the molecule is CC1(CN2CCOCC2)C=CC(c2cccc(C3CCOCC3)c2N)=CC1C(N)=O. The minimum atomic E-state index is -0.383. The molecule has 2 atom stereocenters. The van der Waals surface area contributed by atoms with Crippen LogP contribution in [0.25, 0.3) is 5.57 Å². The Morgan fingerprint density at radius 1 is 1.17 bits per heavy atom. The molecule has 30 heavy (non-hydrogen) atoms. The van der Waals surface area contributed by atoms with Crippen LogP contribution in [-0.4, -0.2) is 56.9 Å². The summed E-state index contributed by atoms with van der Waals surface area (Å²) in [7, 11) is 0. The van der Waals surface area contributed by atoms with Gasteiger partial charge in [-0.25, -0.2) is 0 Å². The summed E-state index contributed by atoms with van der Waals surface area (Å²) in [6.07, 6.45) is 8.25. The largest absolute Gasteiger partial charge is 0.398 e. The average Bonchev–Trinajstić information content (AvgIpc) is 2.75. The van der Waals surface area contributed by atoms with Crippen LogP contribution >= 0.6 is 0 Å². The summed E-state index contributed by atoms with van der Waals surface area (Å²) in [5, 5.41) is 0. The van der Waals surface area contributed by atoms with E-state index in [1.165, 1.54) is 5.56 Å². The van der Waals surface area contributed by atoms with Crippen LogP contribution < -0.4 is 11.5 Å². The normalized spacial score (nSPS) is 28.3. The number of allylic oxidation sites excluding steroid dienone is 2. The van der Waals surface area contributed by atoms with Crippen LogP contribution in [0.1, 0.15) is 36.8 Å². The molecule has 0 bridgehead atoms. The zero-order valence-corrected chi connectivity index (χ0v) is 17.8. The molecule has 2 heterocycles. The third-order valence-corrected chi connectivity index (χ3v) is 6.79. The number of primary amides is 1. The second-order valence-electron chi connectivity index (χ2n) is 8.92. The van der Waals surface area contributed by atoms with E-state index in [1.807, 2.05) is 12.1 Å². The van der Waals surface area contributed by atoms with Crippen LogP contribution in [0.4, 0.5) is 5.69 Å². The van der Waals surface area contributed by atoms with Gasteiger partial charge in [0.05, 0.1) is 19.1 Å². The van der Waals surface area contributed by atoms with Crippen molar-refractivity contribution < 1.29 is 14.3 Å². The summed E-state index contributed by atoms with van der Waals surface area (Å²) in [6.45, 7) is 7.68. The third-order valence-electron chi connectivity index (χ3n) is 6.79. The van der Waals surface area contributed by atoms with Gasteiger partial charge in [-0.1, -0.05) is 43.4 Å². The van der Waals surface area contributed by atoms with Crippen LogP contribution in [-0.2, 0) is 14.3 Å². The molecule has 2 saturated heterocycles. The van der Waals surface area contributed by atoms with Crippen LogP contribution in [0, 0.1) is 11.3 Å². The number of rotatable bonds is 5. The van der Waals surface area contributed by atoms with E-state index in [-0.39, 0.29) is 17.2 Å². The number of carbonyl (C=O) groups excluding carboxylic acids is 1. The van der Waals surface area contributed by atoms with Gasteiger partial charge in [0.25, 0.3) is 0 Å². The fourth-order valence-electron chi connectivity index (χ4n) is 4.99. The zero-order valence-electron chi connectivity index (χ0n) is 17.8. The van der Waals surface area contributed by atoms with Gasteiger partial charge in [-0.15, -0.1) is 0 Å². The van der Waals surface area contributed by atoms with E-state index in [1.54, 1.807) is 0 Å². The van der Waals surface area contributed by atoms with Crippen molar-refractivity contribution in [3.8, 4) is 0 Å². The van der Waals surface area contributed by atoms with Crippen LogP contribution in [0.2, 0.25) is 0 Å². The second kappa shape index (κ2) is 8.92. The van der Waals surface area contributed by atoms with Gasteiger partial charge >= 0.3 is 0 Å². The van der Waals surface area contributed by atoms with Crippen molar-refractivity contribution in [2.75, 3.05) is 51.8 Å². The highest BCUT2D eigenvalue weighted by Gasteiger charge is 2.39. The van der Waals surface area contributed by atoms with Gasteiger partial charge in [-0.2, -0.15) is 0 Å². The number of nitrogens with zero attached hydrogens (tertiary/aromatic N) is 1. The Bertz CT molecular complexity index is 838. The molecular weight excluding hydrogens is 378 g/mol. The third kappa shape index (κ3) is 4.31. The number of nitrogen functional groups attached to an aromatic ring is 1. The Morgan fingerprint density at radius 2 is 1.87 bits per heavy atom. The molecule has 1 aromatic rings. The predicted molar refractivity (Wildman–Crippen MR) is 119 cm³/mol. The highest BCUT2D eigenvalue weighted by atomic mass is 16.5. The van der Waals surface area contributed by atoms with E-state index in [0.717, 1.165) is 75.7 Å². The Labute approximate surface area is 178 Å². The molecule has 2 unspecified atom stereocenters. The first kappa shape index (κ1) is 21.1. The van der Waals surface area contributed by atoms with Gasteiger partial charge in [0.2, 0.25) is 5.91 Å². The number of hydrogen-bond acceptors (Lipinski definition) is 5. The molecular formula is C24H33N3O3. The first-order valence-electron chi connectivity index (χ1n) is 10.9. The van der Waals surface area contributed by atoms with Crippen molar-refractivity contribution in [1.82, 2.24) is 4.90 Å². The number of carbonyl (C=O) groups is 1. The molecule has 1 amide bonds. The molecule has 1 aliphatic carbocycles. The first-order chi connectivity index (χ1) is 14.5. The van der Waals surface area contributed by atoms with E-state index < -0.39 is 0 Å². The van der Waals surface area contributed by atoms with E-state index in [2.05, 4.69) is 36.1 Å². The molecule has 6 nitrogen and oxygen atoms in total. The predicted octanol–water partition coefficient (Wildman–Crippen LogP) is 2.56. The standard InChI is InChI=1S/C24H33N3O3/c1-24(16-27-9-13-30-14-10-27)8-5-18(15-21(24)23(26)28)20-4-2-3-19(22(20)25)17-6-11-29-12-7-17/h2-5,8,15,17,21H,6-7,9-14,16,25H2,1H3,(H2,26,28). The molecule has 0 radical (unpaired) electrons. The maximum Gasteiger partial charge on any atom is 0.225 e. The van der Waals surface area contributed by atoms with Crippen LogP contribution in [0.5, 0.6) is 0 Å². The van der Waals surface area contributed by atoms with Crippen molar-refractivity contribution in [3.63, 3.8) is 0 Å². The molecule has 162 valence electrons. The highest BCUT2D eigenvalue weighted by Crippen LogP contribution is 2.41. The number of para-hydroxylation sites is 1. The lowest BCUT2D eigenvalue weighted by molar-refractivity contribution is -0.123. The number of ether oxygens (including phenoxy) is 2. The van der Waals surface area contributed by atoms with Crippen molar-refractivity contribution in [2.45, 2.75) is 25.7 Å². The maximum absolute atomic E-state index is 12.4. The monoisotopic (exact) mass is 411 g/mol. The van der Waals surface area contributed by atoms with Crippen molar-refractivity contribution in [1.29, 1.82) is 0 Å². The molecule has 3 aliphatic rings.